The summed E-state index contributed by atoms with van der Waals surface area (Å²) in [5.74, 6) is -0.284. The van der Waals surface area contributed by atoms with Gasteiger partial charge in [0.05, 0.1) is 9.99 Å². The summed E-state index contributed by atoms with van der Waals surface area (Å²) >= 11 is 3.19. The van der Waals surface area contributed by atoms with Gasteiger partial charge in [0.15, 0.2) is 0 Å². The first kappa shape index (κ1) is 11.3. The third kappa shape index (κ3) is 2.02. The molecule has 0 aliphatic carbocycles. The molecular weight excluding hydrogens is 271 g/mol. The molecule has 1 N–H and O–H groups in total. The van der Waals surface area contributed by atoms with Gasteiger partial charge < -0.3 is 5.32 Å². The van der Waals surface area contributed by atoms with Crippen molar-refractivity contribution in [2.24, 2.45) is 0 Å². The lowest BCUT2D eigenvalue weighted by atomic mass is 10.1. The Kier molecular flexibility index (Phi) is 3.10. The van der Waals surface area contributed by atoms with Gasteiger partial charge >= 0.3 is 0 Å². The molecule has 0 saturated carbocycles. The van der Waals surface area contributed by atoms with Crippen LogP contribution in [0.25, 0.3) is 10.9 Å². The molecule has 84 valence electrons. The third-order valence-electron chi connectivity index (χ3n) is 2.35. The number of nitrogens with zero attached hydrogens (tertiary/aromatic N) is 1. The average Bonchev–Trinajstić information content (AvgIpc) is 2.21. The van der Waals surface area contributed by atoms with E-state index in [4.69, 9.17) is 0 Å². The predicted molar refractivity (Wildman–Crippen MR) is 68.3 cm³/mol. The molecule has 1 aromatic carbocycles. The highest BCUT2D eigenvalue weighted by Gasteiger charge is 2.07. The zero-order chi connectivity index (χ0) is 11.7. The summed E-state index contributed by atoms with van der Waals surface area (Å²) in [7, 11) is 0. The standard InChI is InChI=1S/C12H12BrFN2/c1-3-15-11-4-7(2)16-12-6-10(14)9(13)5-8(11)12/h4-6H,3H2,1-2H3,(H,15,16). The van der Waals surface area contributed by atoms with Crippen LogP contribution in [0.5, 0.6) is 0 Å². The average molecular weight is 283 g/mol. The van der Waals surface area contributed by atoms with Crippen molar-refractivity contribution in [1.82, 2.24) is 4.98 Å². The van der Waals surface area contributed by atoms with Crippen LogP contribution in [0, 0.1) is 12.7 Å². The largest absolute Gasteiger partial charge is 0.385 e. The maximum Gasteiger partial charge on any atom is 0.139 e. The number of nitrogens with one attached hydrogen (secondary N) is 1. The first-order valence-electron chi connectivity index (χ1n) is 5.12. The maximum absolute atomic E-state index is 13.4. The fourth-order valence-corrected chi connectivity index (χ4v) is 2.03. The number of pyridine rings is 1. The van der Waals surface area contributed by atoms with Gasteiger partial charge in [0.2, 0.25) is 0 Å². The molecule has 0 fully saturated rings. The van der Waals surface area contributed by atoms with E-state index in [1.165, 1.54) is 6.07 Å². The molecule has 0 aliphatic rings. The van der Waals surface area contributed by atoms with Crippen molar-refractivity contribution in [2.45, 2.75) is 13.8 Å². The fourth-order valence-electron chi connectivity index (χ4n) is 1.69. The van der Waals surface area contributed by atoms with Crippen LogP contribution in [-0.4, -0.2) is 11.5 Å². The lowest BCUT2D eigenvalue weighted by molar-refractivity contribution is 0.623. The van der Waals surface area contributed by atoms with Crippen molar-refractivity contribution < 1.29 is 4.39 Å². The van der Waals surface area contributed by atoms with Crippen molar-refractivity contribution in [1.29, 1.82) is 0 Å². The Morgan fingerprint density at radius 1 is 1.38 bits per heavy atom. The second-order valence-corrected chi connectivity index (χ2v) is 4.48. The van der Waals surface area contributed by atoms with Gasteiger partial charge in [-0.3, -0.25) is 4.98 Å². The highest BCUT2D eigenvalue weighted by molar-refractivity contribution is 9.10. The molecule has 2 aromatic rings. The summed E-state index contributed by atoms with van der Waals surface area (Å²) in [6.45, 7) is 4.76. The minimum atomic E-state index is -0.284. The van der Waals surface area contributed by atoms with E-state index in [0.717, 1.165) is 23.3 Å². The Balaban J connectivity index is 2.74. The number of fused-ring (bicyclic) bond motifs is 1. The second-order valence-electron chi connectivity index (χ2n) is 3.62. The first-order chi connectivity index (χ1) is 7.61. The molecule has 0 amide bonds. The molecule has 0 spiro atoms. The van der Waals surface area contributed by atoms with Gasteiger partial charge in [0.1, 0.15) is 5.82 Å². The van der Waals surface area contributed by atoms with Crippen LogP contribution in [0.15, 0.2) is 22.7 Å². The van der Waals surface area contributed by atoms with Gasteiger partial charge in [-0.05, 0) is 41.9 Å². The van der Waals surface area contributed by atoms with E-state index < -0.39 is 0 Å². The summed E-state index contributed by atoms with van der Waals surface area (Å²) in [6.07, 6.45) is 0. The molecular formula is C12H12BrFN2. The number of aromatic nitrogens is 1. The number of anilines is 1. The Labute approximate surface area is 102 Å². The number of benzene rings is 1. The molecule has 1 aromatic heterocycles. The lowest BCUT2D eigenvalue weighted by Gasteiger charge is -2.09. The Hall–Kier alpha value is -1.16. The molecule has 1 heterocycles. The molecule has 2 nitrogen and oxygen atoms in total. The van der Waals surface area contributed by atoms with Gasteiger partial charge in [0, 0.05) is 29.4 Å². The Morgan fingerprint density at radius 2 is 2.12 bits per heavy atom. The van der Waals surface area contributed by atoms with Crippen LogP contribution in [-0.2, 0) is 0 Å². The van der Waals surface area contributed by atoms with Gasteiger partial charge in [-0.2, -0.15) is 0 Å². The molecule has 0 saturated heterocycles. The van der Waals surface area contributed by atoms with Crippen LogP contribution >= 0.6 is 15.9 Å². The van der Waals surface area contributed by atoms with Gasteiger partial charge in [-0.15, -0.1) is 0 Å². The van der Waals surface area contributed by atoms with E-state index in [-0.39, 0.29) is 5.82 Å². The SMILES string of the molecule is CCNc1cc(C)nc2cc(F)c(Br)cc12. The monoisotopic (exact) mass is 282 g/mol. The third-order valence-corrected chi connectivity index (χ3v) is 2.95. The van der Waals surface area contributed by atoms with Gasteiger partial charge in [0.25, 0.3) is 0 Å². The van der Waals surface area contributed by atoms with Crippen molar-refractivity contribution in [2.75, 3.05) is 11.9 Å². The van der Waals surface area contributed by atoms with Crippen molar-refractivity contribution in [3.8, 4) is 0 Å². The summed E-state index contributed by atoms with van der Waals surface area (Å²) in [5.41, 5.74) is 2.55. The molecule has 4 heteroatoms. The molecule has 0 unspecified atom stereocenters. The summed E-state index contributed by atoms with van der Waals surface area (Å²) in [4.78, 5) is 4.32. The topological polar surface area (TPSA) is 24.9 Å². The maximum atomic E-state index is 13.4. The molecule has 0 atom stereocenters. The van der Waals surface area contributed by atoms with Crippen LogP contribution in [0.3, 0.4) is 0 Å². The number of hydrogen-bond donors (Lipinski definition) is 1. The zero-order valence-corrected chi connectivity index (χ0v) is 10.7. The fraction of sp³-hybridized carbons (Fsp3) is 0.250. The van der Waals surface area contributed by atoms with E-state index >= 15 is 0 Å². The molecule has 0 radical (unpaired) electrons. The molecule has 0 bridgehead atoms. The Bertz CT molecular complexity index is 540. The van der Waals surface area contributed by atoms with Crippen molar-refractivity contribution in [3.63, 3.8) is 0 Å². The molecule has 16 heavy (non-hydrogen) atoms. The second kappa shape index (κ2) is 4.37. The molecule has 0 aliphatic heterocycles. The number of rotatable bonds is 2. The summed E-state index contributed by atoms with van der Waals surface area (Å²) in [5, 5.41) is 4.19. The van der Waals surface area contributed by atoms with E-state index in [1.807, 2.05) is 19.9 Å². The van der Waals surface area contributed by atoms with Crippen LogP contribution < -0.4 is 5.32 Å². The smallest absolute Gasteiger partial charge is 0.139 e. The Morgan fingerprint density at radius 3 is 2.81 bits per heavy atom. The van der Waals surface area contributed by atoms with Crippen LogP contribution in [0.2, 0.25) is 0 Å². The number of hydrogen-bond acceptors (Lipinski definition) is 2. The van der Waals surface area contributed by atoms with Crippen molar-refractivity contribution >= 4 is 32.5 Å². The van der Waals surface area contributed by atoms with Crippen LogP contribution in [0.1, 0.15) is 12.6 Å². The first-order valence-corrected chi connectivity index (χ1v) is 5.91. The summed E-state index contributed by atoms with van der Waals surface area (Å²) in [6, 6.07) is 5.18. The van der Waals surface area contributed by atoms with E-state index in [0.29, 0.717) is 9.99 Å². The van der Waals surface area contributed by atoms with E-state index in [9.17, 15) is 4.39 Å². The van der Waals surface area contributed by atoms with E-state index in [1.54, 1.807) is 6.07 Å². The zero-order valence-electron chi connectivity index (χ0n) is 9.14. The highest BCUT2D eigenvalue weighted by Crippen LogP contribution is 2.28. The summed E-state index contributed by atoms with van der Waals surface area (Å²) < 4.78 is 13.9. The highest BCUT2D eigenvalue weighted by atomic mass is 79.9. The molecule has 2 rings (SSSR count). The number of halogens is 2. The van der Waals surface area contributed by atoms with Crippen molar-refractivity contribution in [3.05, 3.63) is 34.2 Å². The normalized spacial score (nSPS) is 10.8. The minimum absolute atomic E-state index is 0.284. The van der Waals surface area contributed by atoms with Gasteiger partial charge in [-0.25, -0.2) is 4.39 Å². The number of aryl methyl sites for hydroxylation is 1. The quantitative estimate of drug-likeness (QED) is 0.904. The van der Waals surface area contributed by atoms with Crippen LogP contribution in [0.4, 0.5) is 10.1 Å². The predicted octanol–water partition coefficient (Wildman–Crippen LogP) is 3.88. The minimum Gasteiger partial charge on any atom is -0.385 e. The lowest BCUT2D eigenvalue weighted by Crippen LogP contribution is -1.99. The van der Waals surface area contributed by atoms with Gasteiger partial charge in [-0.1, -0.05) is 0 Å². The van der Waals surface area contributed by atoms with E-state index in [2.05, 4.69) is 26.2 Å².